The van der Waals surface area contributed by atoms with Crippen LogP contribution in [-0.4, -0.2) is 26.5 Å². The third kappa shape index (κ3) is 4.27. The highest BCUT2D eigenvalue weighted by atomic mass is 16.5. The molecule has 0 spiro atoms. The van der Waals surface area contributed by atoms with Crippen molar-refractivity contribution in [3.8, 4) is 11.5 Å². The van der Waals surface area contributed by atoms with E-state index in [1.54, 1.807) is 14.2 Å². The van der Waals surface area contributed by atoms with Crippen LogP contribution in [0.15, 0.2) is 23.2 Å². The summed E-state index contributed by atoms with van der Waals surface area (Å²) in [6, 6.07) is 6.05. The molecule has 0 aromatic heterocycles. The van der Waals surface area contributed by atoms with E-state index in [4.69, 9.17) is 14.5 Å². The zero-order valence-electron chi connectivity index (χ0n) is 12.8. The molecule has 0 aliphatic heterocycles. The van der Waals surface area contributed by atoms with Gasteiger partial charge in [-0.05, 0) is 30.0 Å². The zero-order chi connectivity index (χ0) is 14.4. The summed E-state index contributed by atoms with van der Waals surface area (Å²) >= 11 is 0. The number of nitrogens with zero attached hydrogens (tertiary/aromatic N) is 1. The van der Waals surface area contributed by atoms with Gasteiger partial charge in [0.2, 0.25) is 0 Å². The maximum atomic E-state index is 5.35. The van der Waals surface area contributed by atoms with E-state index in [-0.39, 0.29) is 0 Å². The van der Waals surface area contributed by atoms with Crippen molar-refractivity contribution in [1.82, 2.24) is 0 Å². The summed E-state index contributed by atoms with van der Waals surface area (Å²) in [4.78, 5) is 4.72. The lowest BCUT2D eigenvalue weighted by atomic mass is 9.94. The van der Waals surface area contributed by atoms with Gasteiger partial charge in [0.1, 0.15) is 11.5 Å². The molecule has 3 nitrogen and oxygen atoms in total. The maximum absolute atomic E-state index is 5.35. The molecule has 1 aromatic rings. The predicted octanol–water partition coefficient (Wildman–Crippen LogP) is 3.80. The summed E-state index contributed by atoms with van der Waals surface area (Å²) in [5.41, 5.74) is 0.952. The van der Waals surface area contributed by atoms with Crippen LogP contribution in [0.2, 0.25) is 0 Å². The first kappa shape index (κ1) is 15.5. The van der Waals surface area contributed by atoms with Crippen LogP contribution >= 0.6 is 0 Å². The Bertz CT molecular complexity index is 417. The number of rotatable bonds is 6. The van der Waals surface area contributed by atoms with Gasteiger partial charge in [-0.25, -0.2) is 0 Å². The second-order valence-corrected chi connectivity index (χ2v) is 5.36. The molecule has 0 saturated heterocycles. The van der Waals surface area contributed by atoms with Gasteiger partial charge in [-0.1, -0.05) is 27.7 Å². The number of ether oxygens (including phenoxy) is 2. The summed E-state index contributed by atoms with van der Waals surface area (Å²) < 4.78 is 10.6. The van der Waals surface area contributed by atoms with E-state index < -0.39 is 0 Å². The van der Waals surface area contributed by atoms with Crippen LogP contribution in [0.3, 0.4) is 0 Å². The van der Waals surface area contributed by atoms with Crippen LogP contribution in [0, 0.1) is 11.8 Å². The molecule has 0 amide bonds. The van der Waals surface area contributed by atoms with Crippen LogP contribution in [0.25, 0.3) is 0 Å². The molecule has 0 atom stereocenters. The Kier molecular flexibility index (Phi) is 5.87. The molecule has 3 heteroatoms. The largest absolute Gasteiger partial charge is 0.497 e. The van der Waals surface area contributed by atoms with Crippen LogP contribution in [0.4, 0.5) is 0 Å². The van der Waals surface area contributed by atoms with E-state index in [0.717, 1.165) is 17.1 Å². The first-order valence-corrected chi connectivity index (χ1v) is 6.74. The minimum Gasteiger partial charge on any atom is -0.497 e. The quantitative estimate of drug-likeness (QED) is 0.731. The standard InChI is InChI=1S/C16H25NO2/c1-11(2)16(12(3)4)17-10-13-9-14(18-5)7-8-15(13)19-6/h7-12,16H,1-6H3. The topological polar surface area (TPSA) is 30.8 Å². The molecule has 0 bridgehead atoms. The Balaban J connectivity index is 3.02. The summed E-state index contributed by atoms with van der Waals surface area (Å²) in [5, 5.41) is 0. The molecule has 0 N–H and O–H groups in total. The number of hydrogen-bond donors (Lipinski definition) is 0. The fourth-order valence-corrected chi connectivity index (χ4v) is 2.22. The highest BCUT2D eigenvalue weighted by Crippen LogP contribution is 2.23. The van der Waals surface area contributed by atoms with Crippen molar-refractivity contribution >= 4 is 6.21 Å². The Morgan fingerprint density at radius 2 is 1.63 bits per heavy atom. The summed E-state index contributed by atoms with van der Waals surface area (Å²) in [6.45, 7) is 8.80. The number of benzene rings is 1. The Morgan fingerprint density at radius 3 is 2.11 bits per heavy atom. The molecule has 1 aromatic carbocycles. The maximum Gasteiger partial charge on any atom is 0.127 e. The van der Waals surface area contributed by atoms with Crippen LogP contribution in [-0.2, 0) is 0 Å². The van der Waals surface area contributed by atoms with Gasteiger partial charge in [0, 0.05) is 11.8 Å². The Hall–Kier alpha value is -1.51. The minimum atomic E-state index is 0.316. The van der Waals surface area contributed by atoms with Crippen molar-refractivity contribution in [2.24, 2.45) is 16.8 Å². The smallest absolute Gasteiger partial charge is 0.127 e. The number of aliphatic imine (C=N–C) groups is 1. The molecule has 0 fully saturated rings. The SMILES string of the molecule is COc1ccc(OC)c(C=NC(C(C)C)C(C)C)c1. The summed E-state index contributed by atoms with van der Waals surface area (Å²) in [5.74, 6) is 2.67. The van der Waals surface area contributed by atoms with Crippen molar-refractivity contribution in [2.75, 3.05) is 14.2 Å². The van der Waals surface area contributed by atoms with Gasteiger partial charge in [-0.2, -0.15) is 0 Å². The van der Waals surface area contributed by atoms with Gasteiger partial charge in [-0.3, -0.25) is 4.99 Å². The average molecular weight is 263 g/mol. The molecule has 0 heterocycles. The van der Waals surface area contributed by atoms with Crippen molar-refractivity contribution in [1.29, 1.82) is 0 Å². The Labute approximate surface area is 116 Å². The van der Waals surface area contributed by atoms with E-state index in [0.29, 0.717) is 17.9 Å². The van der Waals surface area contributed by atoms with Gasteiger partial charge in [-0.15, -0.1) is 0 Å². The second kappa shape index (κ2) is 7.17. The van der Waals surface area contributed by atoms with Crippen molar-refractivity contribution in [3.05, 3.63) is 23.8 Å². The molecule has 0 unspecified atom stereocenters. The highest BCUT2D eigenvalue weighted by Gasteiger charge is 2.15. The van der Waals surface area contributed by atoms with Crippen LogP contribution < -0.4 is 9.47 Å². The van der Waals surface area contributed by atoms with Gasteiger partial charge >= 0.3 is 0 Å². The fraction of sp³-hybridized carbons (Fsp3) is 0.562. The number of methoxy groups -OCH3 is 2. The summed E-state index contributed by atoms with van der Waals surface area (Å²) in [6.07, 6.45) is 1.89. The first-order valence-electron chi connectivity index (χ1n) is 6.74. The molecule has 1 rings (SSSR count). The van der Waals surface area contributed by atoms with Crippen LogP contribution in [0.1, 0.15) is 33.3 Å². The Morgan fingerprint density at radius 1 is 1.00 bits per heavy atom. The third-order valence-electron chi connectivity index (χ3n) is 3.19. The van der Waals surface area contributed by atoms with Crippen molar-refractivity contribution in [3.63, 3.8) is 0 Å². The average Bonchev–Trinajstić information content (AvgIpc) is 2.37. The molecular weight excluding hydrogens is 238 g/mol. The van der Waals surface area contributed by atoms with E-state index in [2.05, 4.69) is 27.7 Å². The van der Waals surface area contributed by atoms with Gasteiger partial charge in [0.25, 0.3) is 0 Å². The van der Waals surface area contributed by atoms with E-state index in [1.165, 1.54) is 0 Å². The molecular formula is C16H25NO2. The molecule has 106 valence electrons. The molecule has 0 aliphatic rings. The van der Waals surface area contributed by atoms with E-state index >= 15 is 0 Å². The number of hydrogen-bond acceptors (Lipinski definition) is 3. The second-order valence-electron chi connectivity index (χ2n) is 5.36. The normalized spacial score (nSPS) is 11.8. The monoisotopic (exact) mass is 263 g/mol. The first-order chi connectivity index (χ1) is 8.99. The van der Waals surface area contributed by atoms with Gasteiger partial charge < -0.3 is 9.47 Å². The lowest BCUT2D eigenvalue weighted by molar-refractivity contribution is 0.389. The lowest BCUT2D eigenvalue weighted by Gasteiger charge is -2.20. The zero-order valence-corrected chi connectivity index (χ0v) is 12.8. The lowest BCUT2D eigenvalue weighted by Crippen LogP contribution is -2.20. The summed E-state index contributed by atoms with van der Waals surface area (Å²) in [7, 11) is 3.33. The molecule has 19 heavy (non-hydrogen) atoms. The minimum absolute atomic E-state index is 0.316. The highest BCUT2D eigenvalue weighted by molar-refractivity contribution is 5.84. The van der Waals surface area contributed by atoms with Crippen molar-refractivity contribution in [2.45, 2.75) is 33.7 Å². The van der Waals surface area contributed by atoms with E-state index in [9.17, 15) is 0 Å². The molecule has 0 aliphatic carbocycles. The van der Waals surface area contributed by atoms with Gasteiger partial charge in [0.05, 0.1) is 20.3 Å². The van der Waals surface area contributed by atoms with Crippen LogP contribution in [0.5, 0.6) is 11.5 Å². The van der Waals surface area contributed by atoms with Crippen molar-refractivity contribution < 1.29 is 9.47 Å². The third-order valence-corrected chi connectivity index (χ3v) is 3.19. The molecule has 0 radical (unpaired) electrons. The predicted molar refractivity (Wildman–Crippen MR) is 80.6 cm³/mol. The van der Waals surface area contributed by atoms with E-state index in [1.807, 2.05) is 24.4 Å². The van der Waals surface area contributed by atoms with Gasteiger partial charge in [0.15, 0.2) is 0 Å². The fourth-order valence-electron chi connectivity index (χ4n) is 2.22. The molecule has 0 saturated carbocycles.